The number of halogens is 1. The zero-order chi connectivity index (χ0) is 24.6. The van der Waals surface area contributed by atoms with Crippen LogP contribution in [0, 0.1) is 12.3 Å². The van der Waals surface area contributed by atoms with E-state index in [2.05, 4.69) is 29.8 Å². The van der Waals surface area contributed by atoms with Gasteiger partial charge in [0.15, 0.2) is 5.78 Å². The molecule has 6 nitrogen and oxygen atoms in total. The molecule has 2 heterocycles. The van der Waals surface area contributed by atoms with E-state index in [1.165, 1.54) is 11.8 Å². The highest BCUT2D eigenvalue weighted by Crippen LogP contribution is 2.45. The van der Waals surface area contributed by atoms with Gasteiger partial charge in [-0.15, -0.1) is 0 Å². The van der Waals surface area contributed by atoms with Gasteiger partial charge >= 0.3 is 5.97 Å². The molecule has 4 rings (SSSR count). The van der Waals surface area contributed by atoms with Crippen molar-refractivity contribution in [3.63, 3.8) is 0 Å². The van der Waals surface area contributed by atoms with E-state index >= 15 is 0 Å². The van der Waals surface area contributed by atoms with Crippen LogP contribution in [-0.4, -0.2) is 44.5 Å². The SMILES string of the molecule is CCOC(=O)Cn1c(C)c(Sc2ccc(Br)cc2S(=O)N2CCCC2)c2c1CC(C)(C)CC2=O. The number of hydrogen-bond donors (Lipinski definition) is 0. The number of hydrogen-bond acceptors (Lipinski definition) is 5. The third kappa shape index (κ3) is 5.22. The summed E-state index contributed by atoms with van der Waals surface area (Å²) in [4.78, 5) is 28.2. The second kappa shape index (κ2) is 10.3. The smallest absolute Gasteiger partial charge is 0.325 e. The normalized spacial score (nSPS) is 18.7. The van der Waals surface area contributed by atoms with Crippen molar-refractivity contribution in [2.45, 2.75) is 74.6 Å². The maximum Gasteiger partial charge on any atom is 0.325 e. The van der Waals surface area contributed by atoms with Crippen LogP contribution >= 0.6 is 27.7 Å². The lowest BCUT2D eigenvalue weighted by Gasteiger charge is -2.30. The highest BCUT2D eigenvalue weighted by molar-refractivity contribution is 9.10. The molecular formula is C25H31BrN2O4S2. The molecule has 1 aliphatic heterocycles. The minimum Gasteiger partial charge on any atom is -0.465 e. The molecule has 0 amide bonds. The molecule has 0 saturated carbocycles. The summed E-state index contributed by atoms with van der Waals surface area (Å²) in [5.41, 5.74) is 2.29. The van der Waals surface area contributed by atoms with E-state index in [9.17, 15) is 13.8 Å². The summed E-state index contributed by atoms with van der Waals surface area (Å²) >= 11 is 5.01. The first-order chi connectivity index (χ1) is 16.1. The number of carbonyl (C=O) groups is 2. The summed E-state index contributed by atoms with van der Waals surface area (Å²) in [6.45, 7) is 9.96. The van der Waals surface area contributed by atoms with Gasteiger partial charge in [-0.05, 0) is 56.7 Å². The largest absolute Gasteiger partial charge is 0.465 e. The fourth-order valence-electron chi connectivity index (χ4n) is 4.76. The Morgan fingerprint density at radius 1 is 1.24 bits per heavy atom. The zero-order valence-electron chi connectivity index (χ0n) is 20.1. The average molecular weight is 568 g/mol. The Morgan fingerprint density at radius 3 is 2.62 bits per heavy atom. The van der Waals surface area contributed by atoms with Gasteiger partial charge in [0, 0.05) is 45.2 Å². The lowest BCUT2D eigenvalue weighted by Crippen LogP contribution is -2.29. The van der Waals surface area contributed by atoms with E-state index in [-0.39, 0.29) is 23.7 Å². The first kappa shape index (κ1) is 25.7. The molecule has 1 unspecified atom stereocenters. The van der Waals surface area contributed by atoms with Gasteiger partial charge in [0.1, 0.15) is 17.5 Å². The Balaban J connectivity index is 1.79. The van der Waals surface area contributed by atoms with Crippen LogP contribution in [0.25, 0.3) is 0 Å². The van der Waals surface area contributed by atoms with Crippen LogP contribution in [0.4, 0.5) is 0 Å². The zero-order valence-corrected chi connectivity index (χ0v) is 23.3. The maximum absolute atomic E-state index is 13.4. The van der Waals surface area contributed by atoms with Crippen molar-refractivity contribution >= 4 is 50.4 Å². The number of nitrogens with zero attached hydrogens (tertiary/aromatic N) is 2. The van der Waals surface area contributed by atoms with Gasteiger partial charge in [0.2, 0.25) is 0 Å². The Labute approximate surface area is 216 Å². The molecule has 0 bridgehead atoms. The fraction of sp³-hybridized carbons (Fsp3) is 0.520. The van der Waals surface area contributed by atoms with E-state index < -0.39 is 11.0 Å². The van der Waals surface area contributed by atoms with Gasteiger partial charge in [-0.25, -0.2) is 8.51 Å². The first-order valence-electron chi connectivity index (χ1n) is 11.7. The van der Waals surface area contributed by atoms with Crippen molar-refractivity contribution in [3.8, 4) is 0 Å². The van der Waals surface area contributed by atoms with Crippen LogP contribution in [0.3, 0.4) is 0 Å². The number of carbonyl (C=O) groups excluding carboxylic acids is 2. The molecule has 0 spiro atoms. The maximum atomic E-state index is 13.4. The predicted molar refractivity (Wildman–Crippen MR) is 138 cm³/mol. The van der Waals surface area contributed by atoms with E-state index in [0.717, 1.165) is 56.5 Å². The van der Waals surface area contributed by atoms with E-state index in [0.29, 0.717) is 25.0 Å². The van der Waals surface area contributed by atoms with Gasteiger partial charge in [0.05, 0.1) is 17.1 Å². The molecule has 0 radical (unpaired) electrons. The highest BCUT2D eigenvalue weighted by Gasteiger charge is 2.38. The average Bonchev–Trinajstić information content (AvgIpc) is 3.37. The number of esters is 1. The summed E-state index contributed by atoms with van der Waals surface area (Å²) in [6.07, 6.45) is 3.27. The second-order valence-electron chi connectivity index (χ2n) is 9.65. The highest BCUT2D eigenvalue weighted by atomic mass is 79.9. The first-order valence-corrected chi connectivity index (χ1v) is 14.4. The Kier molecular flexibility index (Phi) is 7.77. The summed E-state index contributed by atoms with van der Waals surface area (Å²) in [5.74, 6) is -0.214. The number of benzene rings is 1. The molecule has 1 aromatic carbocycles. The Bertz CT molecular complexity index is 1150. The van der Waals surface area contributed by atoms with Crippen LogP contribution in [0.15, 0.2) is 37.4 Å². The molecule has 184 valence electrons. The minimum atomic E-state index is -1.27. The molecule has 1 aliphatic carbocycles. The number of fused-ring (bicyclic) bond motifs is 1. The lowest BCUT2D eigenvalue weighted by atomic mass is 9.76. The lowest BCUT2D eigenvalue weighted by molar-refractivity contribution is -0.143. The summed E-state index contributed by atoms with van der Waals surface area (Å²) < 4.78 is 23.5. The van der Waals surface area contributed by atoms with Crippen molar-refractivity contribution in [1.29, 1.82) is 0 Å². The number of ketones is 1. The van der Waals surface area contributed by atoms with Crippen LogP contribution in [0.2, 0.25) is 0 Å². The van der Waals surface area contributed by atoms with E-state index in [1.807, 2.05) is 34.0 Å². The van der Waals surface area contributed by atoms with E-state index in [1.54, 1.807) is 6.92 Å². The van der Waals surface area contributed by atoms with E-state index in [4.69, 9.17) is 4.74 Å². The Hall–Kier alpha value is -1.42. The summed E-state index contributed by atoms with van der Waals surface area (Å²) in [5, 5.41) is 0. The second-order valence-corrected chi connectivity index (χ2v) is 13.1. The molecule has 0 N–H and O–H groups in total. The van der Waals surface area contributed by atoms with Crippen molar-refractivity contribution < 1.29 is 18.5 Å². The molecule has 1 aromatic heterocycles. The van der Waals surface area contributed by atoms with Crippen molar-refractivity contribution in [3.05, 3.63) is 39.6 Å². The summed E-state index contributed by atoms with van der Waals surface area (Å²) in [6, 6.07) is 5.82. The third-order valence-electron chi connectivity index (χ3n) is 6.34. The standard InChI is InChI=1S/C25H31BrN2O4S2/c1-5-32-22(30)15-28-16(2)24(23-18(28)13-25(3,4)14-19(23)29)33-20-9-8-17(26)12-21(20)34(31)27-10-6-7-11-27/h8-9,12H,5-7,10-11,13-15H2,1-4H3. The van der Waals surface area contributed by atoms with Crippen LogP contribution in [0.1, 0.15) is 61.8 Å². The Morgan fingerprint density at radius 2 is 1.94 bits per heavy atom. The predicted octanol–water partition coefficient (Wildman–Crippen LogP) is 5.55. The number of aromatic nitrogens is 1. The minimum absolute atomic E-state index is 0.0822. The molecular weight excluding hydrogens is 536 g/mol. The van der Waals surface area contributed by atoms with Crippen molar-refractivity contribution in [2.75, 3.05) is 19.7 Å². The quantitative estimate of drug-likeness (QED) is 0.411. The van der Waals surface area contributed by atoms with Gasteiger partial charge in [-0.3, -0.25) is 9.59 Å². The molecule has 9 heteroatoms. The topological polar surface area (TPSA) is 68.6 Å². The molecule has 2 aromatic rings. The number of ether oxygens (including phenoxy) is 1. The summed E-state index contributed by atoms with van der Waals surface area (Å²) in [7, 11) is -1.27. The monoisotopic (exact) mass is 566 g/mol. The third-order valence-corrected chi connectivity index (χ3v) is 9.79. The van der Waals surface area contributed by atoms with Gasteiger partial charge in [-0.2, -0.15) is 0 Å². The van der Waals surface area contributed by atoms with Gasteiger partial charge in [-0.1, -0.05) is 41.5 Å². The molecule has 1 atom stereocenters. The van der Waals surface area contributed by atoms with Crippen molar-refractivity contribution in [1.82, 2.24) is 8.87 Å². The van der Waals surface area contributed by atoms with Crippen LogP contribution in [-0.2, 0) is 33.5 Å². The number of Topliss-reactive ketones (excluding diaryl/α,β-unsaturated/α-hetero) is 1. The van der Waals surface area contributed by atoms with Crippen LogP contribution < -0.4 is 0 Å². The van der Waals surface area contributed by atoms with Crippen LogP contribution in [0.5, 0.6) is 0 Å². The molecule has 1 fully saturated rings. The van der Waals surface area contributed by atoms with Crippen molar-refractivity contribution in [2.24, 2.45) is 5.41 Å². The molecule has 1 saturated heterocycles. The fourth-order valence-corrected chi connectivity index (χ4v) is 8.06. The molecule has 2 aliphatic rings. The van der Waals surface area contributed by atoms with Gasteiger partial charge in [0.25, 0.3) is 0 Å². The van der Waals surface area contributed by atoms with Gasteiger partial charge < -0.3 is 9.30 Å². The number of rotatable bonds is 7. The molecule has 34 heavy (non-hydrogen) atoms.